The van der Waals surface area contributed by atoms with E-state index in [0.717, 1.165) is 17.5 Å². The zero-order chi connectivity index (χ0) is 13.9. The van der Waals surface area contributed by atoms with Gasteiger partial charge < -0.3 is 0 Å². The molecule has 0 aromatic heterocycles. The smallest absolute Gasteiger partial charge is 0.193 e. The van der Waals surface area contributed by atoms with Crippen molar-refractivity contribution >= 4 is 5.78 Å². The molecule has 1 nitrogen and oxygen atoms in total. The Balaban J connectivity index is 2.27. The van der Waals surface area contributed by atoms with E-state index in [2.05, 4.69) is 32.9 Å². The van der Waals surface area contributed by atoms with Gasteiger partial charge >= 0.3 is 0 Å². The molecule has 0 aliphatic carbocycles. The van der Waals surface area contributed by atoms with Gasteiger partial charge in [0.1, 0.15) is 0 Å². The lowest BCUT2D eigenvalue weighted by Crippen LogP contribution is -2.15. The molecule has 0 saturated heterocycles. The second-order valence-corrected chi connectivity index (χ2v) is 5.51. The van der Waals surface area contributed by atoms with Crippen molar-refractivity contribution in [3.05, 3.63) is 71.3 Å². The molecule has 0 aliphatic rings. The quantitative estimate of drug-likeness (QED) is 0.726. The summed E-state index contributed by atoms with van der Waals surface area (Å²) in [5.41, 5.74) is 2.93. The highest BCUT2D eigenvalue weighted by molar-refractivity contribution is 6.08. The Kier molecular flexibility index (Phi) is 3.84. The van der Waals surface area contributed by atoms with Crippen molar-refractivity contribution in [2.24, 2.45) is 0 Å². The Labute approximate surface area is 115 Å². The lowest BCUT2D eigenvalue weighted by molar-refractivity contribution is 0.103. The molecule has 0 atom stereocenters. The van der Waals surface area contributed by atoms with E-state index >= 15 is 0 Å². The summed E-state index contributed by atoms with van der Waals surface area (Å²) in [5, 5.41) is 0. The van der Waals surface area contributed by atoms with E-state index in [1.807, 2.05) is 42.5 Å². The third-order valence-electron chi connectivity index (χ3n) is 3.85. The van der Waals surface area contributed by atoms with Gasteiger partial charge in [0.25, 0.3) is 0 Å². The van der Waals surface area contributed by atoms with Gasteiger partial charge in [-0.25, -0.2) is 0 Å². The Morgan fingerprint density at radius 3 is 1.95 bits per heavy atom. The number of hydrogen-bond acceptors (Lipinski definition) is 1. The van der Waals surface area contributed by atoms with Gasteiger partial charge in [-0.1, -0.05) is 75.4 Å². The van der Waals surface area contributed by atoms with E-state index in [9.17, 15) is 4.79 Å². The molecule has 1 heteroatoms. The fraction of sp³-hybridized carbons (Fsp3) is 0.278. The van der Waals surface area contributed by atoms with Crippen LogP contribution in [-0.4, -0.2) is 5.78 Å². The molecule has 0 radical (unpaired) electrons. The number of hydrogen-bond donors (Lipinski definition) is 0. The normalized spacial score (nSPS) is 11.3. The Morgan fingerprint density at radius 1 is 0.895 bits per heavy atom. The number of ketones is 1. The second-order valence-electron chi connectivity index (χ2n) is 5.51. The Hall–Kier alpha value is -1.89. The molecule has 0 spiro atoms. The van der Waals surface area contributed by atoms with E-state index in [1.54, 1.807) is 0 Å². The molecule has 19 heavy (non-hydrogen) atoms. The first-order chi connectivity index (χ1) is 9.04. The van der Waals surface area contributed by atoms with E-state index in [-0.39, 0.29) is 11.2 Å². The van der Waals surface area contributed by atoms with Crippen LogP contribution >= 0.6 is 0 Å². The summed E-state index contributed by atoms with van der Waals surface area (Å²) in [7, 11) is 0. The minimum Gasteiger partial charge on any atom is -0.289 e. The predicted molar refractivity (Wildman–Crippen MR) is 79.6 cm³/mol. The first-order valence-electron chi connectivity index (χ1n) is 6.75. The lowest BCUT2D eigenvalue weighted by Gasteiger charge is -2.23. The van der Waals surface area contributed by atoms with Gasteiger partial charge in [0.05, 0.1) is 0 Å². The Morgan fingerprint density at radius 2 is 1.42 bits per heavy atom. The van der Waals surface area contributed by atoms with E-state index in [1.165, 1.54) is 5.56 Å². The van der Waals surface area contributed by atoms with Gasteiger partial charge in [0.2, 0.25) is 0 Å². The number of rotatable bonds is 4. The monoisotopic (exact) mass is 252 g/mol. The fourth-order valence-corrected chi connectivity index (χ4v) is 2.03. The van der Waals surface area contributed by atoms with Gasteiger partial charge in [-0.05, 0) is 17.4 Å². The highest BCUT2D eigenvalue weighted by atomic mass is 16.1. The van der Waals surface area contributed by atoms with Crippen LogP contribution < -0.4 is 0 Å². The minimum absolute atomic E-state index is 0.0847. The van der Waals surface area contributed by atoms with Gasteiger partial charge in [-0.2, -0.15) is 0 Å². The average molecular weight is 252 g/mol. The summed E-state index contributed by atoms with van der Waals surface area (Å²) in [6.45, 7) is 6.63. The fourth-order valence-electron chi connectivity index (χ4n) is 2.03. The second kappa shape index (κ2) is 5.40. The number of carbonyl (C=O) groups is 1. The third kappa shape index (κ3) is 2.93. The first-order valence-corrected chi connectivity index (χ1v) is 6.75. The summed E-state index contributed by atoms with van der Waals surface area (Å²) in [4.78, 5) is 12.3. The van der Waals surface area contributed by atoms with E-state index < -0.39 is 0 Å². The van der Waals surface area contributed by atoms with Crippen LogP contribution in [-0.2, 0) is 5.41 Å². The molecule has 0 heterocycles. The predicted octanol–water partition coefficient (Wildman–Crippen LogP) is 4.61. The van der Waals surface area contributed by atoms with Crippen molar-refractivity contribution in [2.45, 2.75) is 32.6 Å². The van der Waals surface area contributed by atoms with Crippen LogP contribution in [0.4, 0.5) is 0 Å². The van der Waals surface area contributed by atoms with Crippen LogP contribution in [0.15, 0.2) is 54.6 Å². The molecule has 0 aliphatic heterocycles. The topological polar surface area (TPSA) is 17.1 Å². The minimum atomic E-state index is 0.0847. The van der Waals surface area contributed by atoms with Crippen molar-refractivity contribution in [3.63, 3.8) is 0 Å². The van der Waals surface area contributed by atoms with Crippen molar-refractivity contribution in [1.29, 1.82) is 0 Å². The third-order valence-corrected chi connectivity index (χ3v) is 3.85. The average Bonchev–Trinajstić information content (AvgIpc) is 2.47. The van der Waals surface area contributed by atoms with E-state index in [4.69, 9.17) is 0 Å². The molecular weight excluding hydrogens is 232 g/mol. The first kappa shape index (κ1) is 13.5. The van der Waals surface area contributed by atoms with Crippen molar-refractivity contribution in [2.75, 3.05) is 0 Å². The molecule has 2 rings (SSSR count). The van der Waals surface area contributed by atoms with Gasteiger partial charge in [0, 0.05) is 11.1 Å². The van der Waals surface area contributed by atoms with E-state index in [0.29, 0.717) is 0 Å². The summed E-state index contributed by atoms with van der Waals surface area (Å²) < 4.78 is 0. The van der Waals surface area contributed by atoms with Crippen molar-refractivity contribution < 1.29 is 4.79 Å². The molecule has 0 bridgehead atoms. The maximum atomic E-state index is 12.3. The SMILES string of the molecule is CCC(C)(C)c1ccc(C(=O)c2ccccc2)cc1. The summed E-state index contributed by atoms with van der Waals surface area (Å²) in [5.74, 6) is 0.0847. The molecule has 0 N–H and O–H groups in total. The maximum Gasteiger partial charge on any atom is 0.193 e. The molecule has 98 valence electrons. The molecule has 2 aromatic rings. The Bertz CT molecular complexity index is 550. The lowest BCUT2D eigenvalue weighted by atomic mass is 9.82. The van der Waals surface area contributed by atoms with Crippen LogP contribution in [0.5, 0.6) is 0 Å². The molecule has 0 saturated carbocycles. The molecule has 2 aromatic carbocycles. The van der Waals surface area contributed by atoms with Crippen LogP contribution in [0.3, 0.4) is 0 Å². The van der Waals surface area contributed by atoms with Gasteiger partial charge in [-0.3, -0.25) is 4.79 Å². The highest BCUT2D eigenvalue weighted by Gasteiger charge is 2.18. The van der Waals surface area contributed by atoms with Crippen LogP contribution in [0.2, 0.25) is 0 Å². The zero-order valence-corrected chi connectivity index (χ0v) is 11.8. The highest BCUT2D eigenvalue weighted by Crippen LogP contribution is 2.27. The summed E-state index contributed by atoms with van der Waals surface area (Å²) >= 11 is 0. The molecule has 0 fully saturated rings. The molecular formula is C18H20O. The molecule has 0 unspecified atom stereocenters. The van der Waals surface area contributed by atoms with Crippen molar-refractivity contribution in [1.82, 2.24) is 0 Å². The zero-order valence-electron chi connectivity index (χ0n) is 11.8. The number of benzene rings is 2. The summed E-state index contributed by atoms with van der Waals surface area (Å²) in [6.07, 6.45) is 1.08. The maximum absolute atomic E-state index is 12.3. The standard InChI is InChI=1S/C18H20O/c1-4-18(2,3)16-12-10-15(11-13-16)17(19)14-8-6-5-7-9-14/h5-13H,4H2,1-3H3. The number of carbonyl (C=O) groups excluding carboxylic acids is 1. The largest absolute Gasteiger partial charge is 0.289 e. The van der Waals surface area contributed by atoms with Crippen LogP contribution in [0, 0.1) is 0 Å². The van der Waals surface area contributed by atoms with Gasteiger partial charge in [0.15, 0.2) is 5.78 Å². The van der Waals surface area contributed by atoms with Crippen LogP contribution in [0.1, 0.15) is 48.7 Å². The molecule has 0 amide bonds. The summed E-state index contributed by atoms with van der Waals surface area (Å²) in [6, 6.07) is 17.4. The van der Waals surface area contributed by atoms with Crippen LogP contribution in [0.25, 0.3) is 0 Å². The van der Waals surface area contributed by atoms with Crippen molar-refractivity contribution in [3.8, 4) is 0 Å². The van der Waals surface area contributed by atoms with Gasteiger partial charge in [-0.15, -0.1) is 0 Å².